The van der Waals surface area contributed by atoms with E-state index in [2.05, 4.69) is 5.32 Å². The number of methoxy groups -OCH3 is 2. The third-order valence-electron chi connectivity index (χ3n) is 4.07. The second-order valence-corrected chi connectivity index (χ2v) is 6.00. The van der Waals surface area contributed by atoms with E-state index in [-0.39, 0.29) is 11.9 Å². The van der Waals surface area contributed by atoms with Crippen LogP contribution < -0.4 is 14.8 Å². The average molecular weight is 342 g/mol. The van der Waals surface area contributed by atoms with Gasteiger partial charge in [-0.2, -0.15) is 0 Å². The first-order valence-electron chi connectivity index (χ1n) is 8.26. The van der Waals surface area contributed by atoms with Crippen LogP contribution in [0.2, 0.25) is 0 Å². The van der Waals surface area contributed by atoms with Crippen LogP contribution in [0.1, 0.15) is 17.2 Å². The lowest BCUT2D eigenvalue weighted by Crippen LogP contribution is -2.37. The summed E-state index contributed by atoms with van der Waals surface area (Å²) in [5, 5.41) is 3.02. The maximum absolute atomic E-state index is 12.6. The number of carbonyl (C=O) groups is 1. The number of rotatable bonds is 8. The number of likely N-dealkylation sites (N-methyl/N-ethyl adjacent to an activating group) is 1. The zero-order chi connectivity index (χ0) is 18.2. The lowest BCUT2D eigenvalue weighted by atomic mass is 10.1. The lowest BCUT2D eigenvalue weighted by Gasteiger charge is -2.24. The van der Waals surface area contributed by atoms with Gasteiger partial charge in [0, 0.05) is 12.6 Å². The van der Waals surface area contributed by atoms with Crippen molar-refractivity contribution in [1.29, 1.82) is 0 Å². The lowest BCUT2D eigenvalue weighted by molar-refractivity contribution is -0.125. The zero-order valence-electron chi connectivity index (χ0n) is 15.3. The number of nitrogens with one attached hydrogen (secondary N) is 1. The highest BCUT2D eigenvalue weighted by molar-refractivity contribution is 5.83. The van der Waals surface area contributed by atoms with E-state index < -0.39 is 0 Å². The standard InChI is InChI=1S/C20H26N2O3/c1-22(2)19(16-8-6-5-7-9-16)20(23)21-13-12-15-10-11-17(24-3)14-18(15)25-4/h5-11,14,19H,12-13H2,1-4H3,(H,21,23). The first kappa shape index (κ1) is 18.8. The number of nitrogens with zero attached hydrogens (tertiary/aromatic N) is 1. The van der Waals surface area contributed by atoms with Gasteiger partial charge in [-0.05, 0) is 37.7 Å². The van der Waals surface area contributed by atoms with E-state index in [1.54, 1.807) is 14.2 Å². The molecule has 2 aromatic carbocycles. The predicted molar refractivity (Wildman–Crippen MR) is 99.1 cm³/mol. The van der Waals surface area contributed by atoms with Crippen molar-refractivity contribution in [2.45, 2.75) is 12.5 Å². The van der Waals surface area contributed by atoms with Gasteiger partial charge in [-0.3, -0.25) is 9.69 Å². The molecule has 0 aliphatic carbocycles. The van der Waals surface area contributed by atoms with Gasteiger partial charge in [-0.25, -0.2) is 0 Å². The molecule has 0 aliphatic heterocycles. The number of hydrogen-bond acceptors (Lipinski definition) is 4. The molecule has 1 unspecified atom stereocenters. The normalized spacial score (nSPS) is 11.9. The summed E-state index contributed by atoms with van der Waals surface area (Å²) < 4.78 is 10.6. The van der Waals surface area contributed by atoms with Crippen molar-refractivity contribution in [3.05, 3.63) is 59.7 Å². The van der Waals surface area contributed by atoms with Gasteiger partial charge < -0.3 is 14.8 Å². The van der Waals surface area contributed by atoms with Crippen molar-refractivity contribution < 1.29 is 14.3 Å². The van der Waals surface area contributed by atoms with Gasteiger partial charge in [-0.15, -0.1) is 0 Å². The van der Waals surface area contributed by atoms with Gasteiger partial charge in [0.05, 0.1) is 14.2 Å². The quantitative estimate of drug-likeness (QED) is 0.801. The highest BCUT2D eigenvalue weighted by atomic mass is 16.5. The highest BCUT2D eigenvalue weighted by Gasteiger charge is 2.22. The van der Waals surface area contributed by atoms with Crippen molar-refractivity contribution in [2.75, 3.05) is 34.9 Å². The summed E-state index contributed by atoms with van der Waals surface area (Å²) >= 11 is 0. The largest absolute Gasteiger partial charge is 0.497 e. The van der Waals surface area contributed by atoms with Gasteiger partial charge in [0.15, 0.2) is 0 Å². The van der Waals surface area contributed by atoms with E-state index in [0.717, 1.165) is 22.6 Å². The summed E-state index contributed by atoms with van der Waals surface area (Å²) in [6.07, 6.45) is 0.688. The van der Waals surface area contributed by atoms with Crippen LogP contribution in [-0.4, -0.2) is 45.7 Å². The van der Waals surface area contributed by atoms with Crippen LogP contribution in [0.25, 0.3) is 0 Å². The topological polar surface area (TPSA) is 50.8 Å². The second kappa shape index (κ2) is 9.08. The Hall–Kier alpha value is -2.53. The Balaban J connectivity index is 1.99. The monoisotopic (exact) mass is 342 g/mol. The minimum absolute atomic E-state index is 0.0105. The molecule has 0 aliphatic rings. The minimum atomic E-state index is -0.307. The smallest absolute Gasteiger partial charge is 0.241 e. The summed E-state index contributed by atoms with van der Waals surface area (Å²) in [5.74, 6) is 1.51. The summed E-state index contributed by atoms with van der Waals surface area (Å²) in [5.41, 5.74) is 2.01. The van der Waals surface area contributed by atoms with E-state index in [9.17, 15) is 4.79 Å². The Morgan fingerprint density at radius 3 is 2.40 bits per heavy atom. The summed E-state index contributed by atoms with van der Waals surface area (Å²) in [6.45, 7) is 0.540. The SMILES string of the molecule is COc1ccc(CCNC(=O)C(c2ccccc2)N(C)C)c(OC)c1. The van der Waals surface area contributed by atoms with Gasteiger partial charge in [-0.1, -0.05) is 36.4 Å². The molecule has 0 saturated carbocycles. The van der Waals surface area contributed by atoms with Crippen molar-refractivity contribution in [2.24, 2.45) is 0 Å². The molecule has 25 heavy (non-hydrogen) atoms. The molecule has 0 bridgehead atoms. The summed E-state index contributed by atoms with van der Waals surface area (Å²) in [6, 6.07) is 15.2. The van der Waals surface area contributed by atoms with Crippen LogP contribution in [0.3, 0.4) is 0 Å². The molecule has 2 aromatic rings. The van der Waals surface area contributed by atoms with Crippen molar-refractivity contribution >= 4 is 5.91 Å². The third-order valence-corrected chi connectivity index (χ3v) is 4.07. The molecule has 0 spiro atoms. The summed E-state index contributed by atoms with van der Waals surface area (Å²) in [4.78, 5) is 14.5. The maximum Gasteiger partial charge on any atom is 0.241 e. The van der Waals surface area contributed by atoms with Crippen LogP contribution >= 0.6 is 0 Å². The second-order valence-electron chi connectivity index (χ2n) is 6.00. The first-order valence-corrected chi connectivity index (χ1v) is 8.26. The number of amides is 1. The number of hydrogen-bond donors (Lipinski definition) is 1. The Bertz CT molecular complexity index is 687. The van der Waals surface area contributed by atoms with Crippen LogP contribution in [0.4, 0.5) is 0 Å². The van der Waals surface area contributed by atoms with Crippen molar-refractivity contribution in [1.82, 2.24) is 10.2 Å². The Morgan fingerprint density at radius 2 is 1.80 bits per heavy atom. The Morgan fingerprint density at radius 1 is 1.08 bits per heavy atom. The van der Waals surface area contributed by atoms with Gasteiger partial charge in [0.25, 0.3) is 0 Å². The van der Waals surface area contributed by atoms with E-state index in [1.807, 2.05) is 67.5 Å². The van der Waals surface area contributed by atoms with Gasteiger partial charge >= 0.3 is 0 Å². The fourth-order valence-electron chi connectivity index (χ4n) is 2.79. The average Bonchev–Trinajstić information content (AvgIpc) is 2.62. The van der Waals surface area contributed by atoms with Gasteiger partial charge in [0.2, 0.25) is 5.91 Å². The number of benzene rings is 2. The Labute approximate surface area is 149 Å². The molecule has 5 heteroatoms. The molecule has 1 atom stereocenters. The Kier molecular flexibility index (Phi) is 6.83. The van der Waals surface area contributed by atoms with Crippen LogP contribution in [0.15, 0.2) is 48.5 Å². The zero-order valence-corrected chi connectivity index (χ0v) is 15.3. The van der Waals surface area contributed by atoms with E-state index in [4.69, 9.17) is 9.47 Å². The van der Waals surface area contributed by atoms with Crippen LogP contribution in [0, 0.1) is 0 Å². The predicted octanol–water partition coefficient (Wildman–Crippen LogP) is 2.67. The molecule has 0 saturated heterocycles. The van der Waals surface area contributed by atoms with Crippen molar-refractivity contribution in [3.8, 4) is 11.5 Å². The molecule has 0 aromatic heterocycles. The number of ether oxygens (including phenoxy) is 2. The van der Waals surface area contributed by atoms with Crippen LogP contribution in [0.5, 0.6) is 11.5 Å². The van der Waals surface area contributed by atoms with Crippen LogP contribution in [-0.2, 0) is 11.2 Å². The fourth-order valence-corrected chi connectivity index (χ4v) is 2.79. The first-order chi connectivity index (χ1) is 12.1. The van der Waals surface area contributed by atoms with Gasteiger partial charge in [0.1, 0.15) is 17.5 Å². The molecule has 0 fully saturated rings. The highest BCUT2D eigenvalue weighted by Crippen LogP contribution is 2.25. The molecule has 5 nitrogen and oxygen atoms in total. The molecule has 0 heterocycles. The minimum Gasteiger partial charge on any atom is -0.497 e. The molecule has 1 N–H and O–H groups in total. The molecule has 134 valence electrons. The number of carbonyl (C=O) groups excluding carboxylic acids is 1. The molecule has 2 rings (SSSR count). The molecular weight excluding hydrogens is 316 g/mol. The van der Waals surface area contributed by atoms with E-state index >= 15 is 0 Å². The van der Waals surface area contributed by atoms with Crippen molar-refractivity contribution in [3.63, 3.8) is 0 Å². The third kappa shape index (κ3) is 4.97. The molecule has 1 amide bonds. The van der Waals surface area contributed by atoms with E-state index in [0.29, 0.717) is 13.0 Å². The van der Waals surface area contributed by atoms with E-state index in [1.165, 1.54) is 0 Å². The summed E-state index contributed by atoms with van der Waals surface area (Å²) in [7, 11) is 7.07. The molecular formula is C20H26N2O3. The molecule has 0 radical (unpaired) electrons. The maximum atomic E-state index is 12.6. The fraction of sp³-hybridized carbons (Fsp3) is 0.350.